The second kappa shape index (κ2) is 5.14. The maximum Gasteiger partial charge on any atom is 0.287 e. The van der Waals surface area contributed by atoms with Crippen LogP contribution >= 0.6 is 11.8 Å². The van der Waals surface area contributed by atoms with E-state index in [0.29, 0.717) is 0 Å². The van der Waals surface area contributed by atoms with Crippen LogP contribution in [0.4, 0.5) is 11.5 Å². The van der Waals surface area contributed by atoms with Crippen molar-refractivity contribution in [3.8, 4) is 0 Å². The molecule has 1 fully saturated rings. The first kappa shape index (κ1) is 13.1. The van der Waals surface area contributed by atoms with E-state index in [2.05, 4.69) is 17.2 Å². The van der Waals surface area contributed by atoms with Crippen molar-refractivity contribution >= 4 is 23.3 Å². The number of aryl methyl sites for hydroxylation is 1. The summed E-state index contributed by atoms with van der Waals surface area (Å²) in [5.41, 5.74) is 0.857. The van der Waals surface area contributed by atoms with Crippen molar-refractivity contribution in [3.63, 3.8) is 0 Å². The van der Waals surface area contributed by atoms with Crippen LogP contribution in [0.1, 0.15) is 25.3 Å². The zero-order chi connectivity index (χ0) is 13.2. The van der Waals surface area contributed by atoms with Gasteiger partial charge in [0.2, 0.25) is 0 Å². The van der Waals surface area contributed by atoms with Gasteiger partial charge in [-0.2, -0.15) is 11.8 Å². The summed E-state index contributed by atoms with van der Waals surface area (Å²) < 4.78 is 0.260. The van der Waals surface area contributed by atoms with E-state index >= 15 is 0 Å². The first-order valence-corrected chi connectivity index (χ1v) is 6.98. The maximum absolute atomic E-state index is 10.6. The zero-order valence-corrected chi connectivity index (χ0v) is 11.4. The lowest BCUT2D eigenvalue weighted by molar-refractivity contribution is -0.385. The van der Waals surface area contributed by atoms with E-state index in [1.54, 1.807) is 6.07 Å². The second-order valence-electron chi connectivity index (χ2n) is 4.87. The molecule has 2 rings (SSSR count). The first-order valence-electron chi connectivity index (χ1n) is 5.99. The normalized spacial score (nSPS) is 23.0. The minimum absolute atomic E-state index is 0.0412. The van der Waals surface area contributed by atoms with Crippen LogP contribution in [0.2, 0.25) is 0 Å². The highest BCUT2D eigenvalue weighted by Gasteiger charge is 2.29. The van der Waals surface area contributed by atoms with Crippen LogP contribution in [0.3, 0.4) is 0 Å². The average molecular weight is 267 g/mol. The molecule has 0 aromatic carbocycles. The topological polar surface area (TPSA) is 68.1 Å². The number of aromatic nitrogens is 1. The van der Waals surface area contributed by atoms with E-state index in [4.69, 9.17) is 0 Å². The first-order chi connectivity index (χ1) is 8.50. The molecule has 1 N–H and O–H groups in total. The van der Waals surface area contributed by atoms with Gasteiger partial charge in [-0.15, -0.1) is 0 Å². The lowest BCUT2D eigenvalue weighted by Gasteiger charge is -2.23. The molecule has 1 aromatic heterocycles. The predicted octanol–water partition coefficient (Wildman–Crippen LogP) is 3.00. The summed E-state index contributed by atoms with van der Waals surface area (Å²) in [5.74, 6) is 1.96. The summed E-state index contributed by atoms with van der Waals surface area (Å²) in [4.78, 5) is 14.3. The molecule has 1 saturated heterocycles. The highest BCUT2D eigenvalue weighted by atomic mass is 32.2. The summed E-state index contributed by atoms with van der Waals surface area (Å²) in [6, 6.07) is 1.56. The van der Waals surface area contributed by atoms with Gasteiger partial charge in [0, 0.05) is 17.4 Å². The summed E-state index contributed by atoms with van der Waals surface area (Å²) in [6.45, 7) is 4.94. The molecule has 1 aromatic rings. The van der Waals surface area contributed by atoms with Crippen LogP contribution < -0.4 is 5.32 Å². The Balaban J connectivity index is 2.03. The Morgan fingerprint density at radius 1 is 1.67 bits per heavy atom. The van der Waals surface area contributed by atoms with E-state index in [1.165, 1.54) is 24.8 Å². The average Bonchev–Trinajstić information content (AvgIpc) is 2.75. The van der Waals surface area contributed by atoms with Crippen molar-refractivity contribution in [2.75, 3.05) is 17.6 Å². The second-order valence-corrected chi connectivity index (χ2v) is 6.55. The van der Waals surface area contributed by atoms with Crippen LogP contribution in [0.5, 0.6) is 0 Å². The van der Waals surface area contributed by atoms with Crippen LogP contribution in [0.25, 0.3) is 0 Å². The van der Waals surface area contributed by atoms with Gasteiger partial charge in [-0.05, 0) is 38.0 Å². The van der Waals surface area contributed by atoms with Gasteiger partial charge in [-0.3, -0.25) is 10.1 Å². The molecule has 98 valence electrons. The number of pyridine rings is 1. The Kier molecular flexibility index (Phi) is 3.75. The Labute approximate surface area is 111 Å². The highest BCUT2D eigenvalue weighted by Crippen LogP contribution is 2.37. The van der Waals surface area contributed by atoms with Gasteiger partial charge in [-0.1, -0.05) is 0 Å². The van der Waals surface area contributed by atoms with Gasteiger partial charge in [0.25, 0.3) is 5.69 Å². The molecule has 0 aliphatic carbocycles. The molecule has 1 aliphatic rings. The van der Waals surface area contributed by atoms with Gasteiger partial charge in [-0.25, -0.2) is 4.98 Å². The van der Waals surface area contributed by atoms with E-state index < -0.39 is 4.92 Å². The van der Waals surface area contributed by atoms with E-state index in [1.807, 2.05) is 18.7 Å². The molecule has 0 spiro atoms. The van der Waals surface area contributed by atoms with Crippen LogP contribution in [-0.2, 0) is 0 Å². The van der Waals surface area contributed by atoms with E-state index in [9.17, 15) is 10.1 Å². The number of rotatable bonds is 4. The number of hydrogen-bond acceptors (Lipinski definition) is 5. The number of nitrogens with one attached hydrogen (secondary N) is 1. The molecular weight excluding hydrogens is 250 g/mol. The molecule has 1 atom stereocenters. The third kappa shape index (κ3) is 2.93. The smallest absolute Gasteiger partial charge is 0.287 e. The molecule has 18 heavy (non-hydrogen) atoms. The van der Waals surface area contributed by atoms with Crippen molar-refractivity contribution < 1.29 is 4.92 Å². The molecule has 6 heteroatoms. The molecule has 1 unspecified atom stereocenters. The van der Waals surface area contributed by atoms with Crippen molar-refractivity contribution in [1.82, 2.24) is 4.98 Å². The fraction of sp³-hybridized carbons (Fsp3) is 0.583. The van der Waals surface area contributed by atoms with Crippen molar-refractivity contribution in [2.45, 2.75) is 31.4 Å². The molecule has 2 heterocycles. The summed E-state index contributed by atoms with van der Waals surface area (Å²) in [6.07, 6.45) is 3.77. The molecule has 5 nitrogen and oxygen atoms in total. The fourth-order valence-corrected chi connectivity index (χ4v) is 3.34. The summed E-state index contributed by atoms with van der Waals surface area (Å²) in [7, 11) is 0. The molecule has 0 saturated carbocycles. The number of anilines is 1. The van der Waals surface area contributed by atoms with Crippen LogP contribution in [0, 0.1) is 17.0 Å². The zero-order valence-electron chi connectivity index (χ0n) is 10.6. The largest absolute Gasteiger partial charge is 0.368 e. The molecule has 0 radical (unpaired) electrons. The van der Waals surface area contributed by atoms with Gasteiger partial charge in [0.05, 0.1) is 4.92 Å². The number of hydrogen-bond donors (Lipinski definition) is 1. The lowest BCUT2D eigenvalue weighted by atomic mass is 10.1. The molecule has 0 bridgehead atoms. The van der Waals surface area contributed by atoms with Gasteiger partial charge in [0.1, 0.15) is 12.0 Å². The Morgan fingerprint density at radius 3 is 3.00 bits per heavy atom. The van der Waals surface area contributed by atoms with Gasteiger partial charge < -0.3 is 5.32 Å². The number of nitro groups is 1. The fourth-order valence-electron chi connectivity index (χ4n) is 2.09. The van der Waals surface area contributed by atoms with E-state index in [0.717, 1.165) is 17.9 Å². The van der Waals surface area contributed by atoms with Crippen molar-refractivity contribution in [3.05, 3.63) is 27.9 Å². The molecule has 0 amide bonds. The number of nitrogens with zero attached hydrogens (tertiary/aromatic N) is 2. The molecule has 1 aliphatic heterocycles. The predicted molar refractivity (Wildman–Crippen MR) is 74.2 cm³/mol. The molecular formula is C12H17N3O2S. The standard InChI is InChI=1S/C12H17N3O2S/c1-9-6-10(15(16)17)7-13-11(9)14-8-12(2)4-3-5-18-12/h6-7H,3-5,8H2,1-2H3,(H,13,14). The lowest BCUT2D eigenvalue weighted by Crippen LogP contribution is -2.27. The van der Waals surface area contributed by atoms with Crippen molar-refractivity contribution in [2.24, 2.45) is 0 Å². The monoisotopic (exact) mass is 267 g/mol. The third-order valence-corrected chi connectivity index (χ3v) is 4.74. The quantitative estimate of drug-likeness (QED) is 0.671. The summed E-state index contributed by atoms with van der Waals surface area (Å²) in [5, 5.41) is 13.9. The third-order valence-electron chi connectivity index (χ3n) is 3.20. The minimum Gasteiger partial charge on any atom is -0.368 e. The van der Waals surface area contributed by atoms with E-state index in [-0.39, 0.29) is 10.4 Å². The van der Waals surface area contributed by atoms with Gasteiger partial charge in [0.15, 0.2) is 0 Å². The van der Waals surface area contributed by atoms with Crippen molar-refractivity contribution in [1.29, 1.82) is 0 Å². The van der Waals surface area contributed by atoms with Crippen LogP contribution in [0.15, 0.2) is 12.3 Å². The number of thioether (sulfide) groups is 1. The Morgan fingerprint density at radius 2 is 2.44 bits per heavy atom. The van der Waals surface area contributed by atoms with Gasteiger partial charge >= 0.3 is 0 Å². The summed E-state index contributed by atoms with van der Waals surface area (Å²) >= 11 is 1.98. The maximum atomic E-state index is 10.6. The SMILES string of the molecule is Cc1cc([N+](=O)[O-])cnc1NCC1(C)CCCS1. The highest BCUT2D eigenvalue weighted by molar-refractivity contribution is 8.00. The Hall–Kier alpha value is -1.30. The Bertz CT molecular complexity index is 459. The van der Waals surface area contributed by atoms with Crippen LogP contribution in [-0.4, -0.2) is 27.0 Å². The minimum atomic E-state index is -0.419.